The highest BCUT2D eigenvalue weighted by Gasteiger charge is 2.22. The first-order valence-corrected chi connectivity index (χ1v) is 9.01. The molecule has 2 aromatic carbocycles. The molecule has 138 valence electrons. The van der Waals surface area contributed by atoms with Gasteiger partial charge < -0.3 is 9.42 Å². The number of pyridine rings is 1. The van der Waals surface area contributed by atoms with E-state index in [2.05, 4.69) is 22.3 Å². The topological polar surface area (TPSA) is 59.2 Å². The summed E-state index contributed by atoms with van der Waals surface area (Å²) >= 11 is 0. The Bertz CT molecular complexity index is 1060. The van der Waals surface area contributed by atoms with Gasteiger partial charge in [0.15, 0.2) is 5.69 Å². The van der Waals surface area contributed by atoms with Crippen LogP contribution in [0.25, 0.3) is 11.1 Å². The average Bonchev–Trinajstić information content (AvgIpc) is 3.19. The maximum Gasteiger partial charge on any atom is 0.280 e. The Morgan fingerprint density at radius 3 is 2.29 bits per heavy atom. The maximum absolute atomic E-state index is 13.1. The van der Waals surface area contributed by atoms with Crippen molar-refractivity contribution >= 4 is 11.6 Å². The monoisotopic (exact) mass is 369 g/mol. The van der Waals surface area contributed by atoms with Crippen molar-refractivity contribution in [3.05, 3.63) is 102 Å². The number of hydrogen-bond donors (Lipinski definition) is 0. The van der Waals surface area contributed by atoms with Crippen LogP contribution >= 0.6 is 0 Å². The Morgan fingerprint density at radius 2 is 1.64 bits per heavy atom. The van der Waals surface area contributed by atoms with Crippen LogP contribution in [0.2, 0.25) is 0 Å². The van der Waals surface area contributed by atoms with Gasteiger partial charge in [0.25, 0.3) is 5.91 Å². The zero-order valence-electron chi connectivity index (χ0n) is 15.4. The number of rotatable bonds is 5. The fourth-order valence-electron chi connectivity index (χ4n) is 3.00. The summed E-state index contributed by atoms with van der Waals surface area (Å²) in [6.07, 6.45) is 1.72. The number of anilines is 1. The Morgan fingerprint density at radius 1 is 0.929 bits per heavy atom. The Balaban J connectivity index is 1.67. The number of carbonyl (C=O) groups excluding carboxylic acids is 1. The first-order chi connectivity index (χ1) is 13.7. The normalized spacial score (nSPS) is 10.6. The molecule has 4 aromatic rings. The summed E-state index contributed by atoms with van der Waals surface area (Å²) in [5.74, 6) is 0.371. The molecule has 0 saturated heterocycles. The summed E-state index contributed by atoms with van der Waals surface area (Å²) in [5.41, 5.74) is 4.07. The smallest absolute Gasteiger partial charge is 0.280 e. The van der Waals surface area contributed by atoms with Crippen LogP contribution in [-0.4, -0.2) is 16.0 Å². The lowest BCUT2D eigenvalue weighted by Gasteiger charge is -2.22. The van der Waals surface area contributed by atoms with E-state index in [0.29, 0.717) is 12.3 Å². The van der Waals surface area contributed by atoms with E-state index in [1.165, 1.54) is 0 Å². The molecule has 0 aliphatic rings. The Hall–Kier alpha value is -3.73. The molecule has 0 radical (unpaired) electrons. The molecule has 2 aromatic heterocycles. The van der Waals surface area contributed by atoms with Crippen LogP contribution in [-0.2, 0) is 6.54 Å². The number of amides is 1. The minimum atomic E-state index is -0.227. The van der Waals surface area contributed by atoms with E-state index in [-0.39, 0.29) is 11.6 Å². The first-order valence-electron chi connectivity index (χ1n) is 9.01. The number of hydrogen-bond acceptors (Lipinski definition) is 4. The number of carbonyl (C=O) groups is 1. The summed E-state index contributed by atoms with van der Waals surface area (Å²) in [7, 11) is 0. The molecule has 1 amide bonds. The molecular weight excluding hydrogens is 350 g/mol. The highest BCUT2D eigenvalue weighted by Crippen LogP contribution is 2.25. The van der Waals surface area contributed by atoms with Crippen LogP contribution in [0.3, 0.4) is 0 Å². The molecule has 0 aliphatic carbocycles. The fraction of sp³-hybridized carbons (Fsp3) is 0.0870. The zero-order chi connectivity index (χ0) is 19.3. The van der Waals surface area contributed by atoms with Crippen LogP contribution in [0, 0.1) is 6.92 Å². The quantitative estimate of drug-likeness (QED) is 0.502. The van der Waals surface area contributed by atoms with Gasteiger partial charge in [0.1, 0.15) is 5.76 Å². The van der Waals surface area contributed by atoms with Crippen LogP contribution in [0.5, 0.6) is 0 Å². The third kappa shape index (κ3) is 3.83. The van der Waals surface area contributed by atoms with Crippen molar-refractivity contribution in [2.75, 3.05) is 4.90 Å². The maximum atomic E-state index is 13.1. The summed E-state index contributed by atoms with van der Waals surface area (Å²) in [6.45, 7) is 2.11. The SMILES string of the molecule is Cc1cc(C(=O)N(Cc2ccccn2)c2ccc(-c3ccccc3)cc2)no1. The highest BCUT2D eigenvalue weighted by atomic mass is 16.5. The van der Waals surface area contributed by atoms with Gasteiger partial charge in [0.2, 0.25) is 0 Å². The van der Waals surface area contributed by atoms with E-state index < -0.39 is 0 Å². The molecule has 0 N–H and O–H groups in total. The van der Waals surface area contributed by atoms with Gasteiger partial charge in [-0.05, 0) is 42.3 Å². The van der Waals surface area contributed by atoms with E-state index in [0.717, 1.165) is 22.5 Å². The van der Waals surface area contributed by atoms with Crippen molar-refractivity contribution < 1.29 is 9.32 Å². The third-order valence-corrected chi connectivity index (χ3v) is 4.42. The van der Waals surface area contributed by atoms with Crippen LogP contribution in [0.15, 0.2) is 89.6 Å². The second-order valence-electron chi connectivity index (χ2n) is 6.45. The molecular formula is C23H19N3O2. The molecule has 0 spiro atoms. The van der Waals surface area contributed by atoms with Crippen LogP contribution in [0.4, 0.5) is 5.69 Å². The average molecular weight is 369 g/mol. The highest BCUT2D eigenvalue weighted by molar-refractivity contribution is 6.04. The van der Waals surface area contributed by atoms with Gasteiger partial charge in [0.05, 0.1) is 12.2 Å². The summed E-state index contributed by atoms with van der Waals surface area (Å²) in [4.78, 5) is 19.1. The lowest BCUT2D eigenvalue weighted by atomic mass is 10.1. The van der Waals surface area contributed by atoms with Gasteiger partial charge in [-0.15, -0.1) is 0 Å². The largest absolute Gasteiger partial charge is 0.361 e. The van der Waals surface area contributed by atoms with E-state index >= 15 is 0 Å². The minimum Gasteiger partial charge on any atom is -0.361 e. The van der Waals surface area contributed by atoms with Gasteiger partial charge in [0, 0.05) is 18.0 Å². The number of nitrogens with zero attached hydrogens (tertiary/aromatic N) is 3. The van der Waals surface area contributed by atoms with Gasteiger partial charge in [-0.3, -0.25) is 9.78 Å². The predicted molar refractivity (Wildman–Crippen MR) is 108 cm³/mol. The number of aryl methyl sites for hydroxylation is 1. The number of aromatic nitrogens is 2. The van der Waals surface area contributed by atoms with E-state index in [4.69, 9.17) is 4.52 Å². The Labute approximate surface area is 163 Å². The lowest BCUT2D eigenvalue weighted by molar-refractivity contribution is 0.0976. The molecule has 4 rings (SSSR count). The predicted octanol–water partition coefficient (Wildman–Crippen LogP) is 4.89. The van der Waals surface area contributed by atoms with Gasteiger partial charge in [-0.1, -0.05) is 53.7 Å². The van der Waals surface area contributed by atoms with Crippen molar-refractivity contribution in [3.63, 3.8) is 0 Å². The zero-order valence-corrected chi connectivity index (χ0v) is 15.4. The molecule has 2 heterocycles. The molecule has 0 atom stereocenters. The standard InChI is InChI=1S/C23H19N3O2/c1-17-15-22(25-28-17)23(27)26(16-20-9-5-6-14-24-20)21-12-10-19(11-13-21)18-7-3-2-4-8-18/h2-15H,16H2,1H3. The van der Waals surface area contributed by atoms with Crippen LogP contribution < -0.4 is 4.90 Å². The van der Waals surface area contributed by atoms with Crippen molar-refractivity contribution in [1.82, 2.24) is 10.1 Å². The summed E-state index contributed by atoms with van der Waals surface area (Å²) in [6, 6.07) is 25.3. The first kappa shape index (κ1) is 17.7. The van der Waals surface area contributed by atoms with Gasteiger partial charge >= 0.3 is 0 Å². The second kappa shape index (κ2) is 7.88. The fourth-order valence-corrected chi connectivity index (χ4v) is 3.00. The third-order valence-electron chi connectivity index (χ3n) is 4.42. The van der Waals surface area contributed by atoms with Crippen molar-refractivity contribution in [1.29, 1.82) is 0 Å². The van der Waals surface area contributed by atoms with Crippen LogP contribution in [0.1, 0.15) is 21.9 Å². The molecule has 0 unspecified atom stereocenters. The minimum absolute atomic E-state index is 0.227. The van der Waals surface area contributed by atoms with E-state index in [1.54, 1.807) is 24.1 Å². The molecule has 5 heteroatoms. The Kier molecular flexibility index (Phi) is 4.97. The lowest BCUT2D eigenvalue weighted by Crippen LogP contribution is -2.31. The van der Waals surface area contributed by atoms with E-state index in [1.807, 2.05) is 60.7 Å². The molecule has 0 saturated carbocycles. The molecule has 0 aliphatic heterocycles. The van der Waals surface area contributed by atoms with Crippen molar-refractivity contribution in [2.45, 2.75) is 13.5 Å². The van der Waals surface area contributed by atoms with Gasteiger partial charge in [-0.25, -0.2) is 0 Å². The van der Waals surface area contributed by atoms with E-state index in [9.17, 15) is 4.79 Å². The van der Waals surface area contributed by atoms with Gasteiger partial charge in [-0.2, -0.15) is 0 Å². The molecule has 0 bridgehead atoms. The summed E-state index contributed by atoms with van der Waals surface area (Å²) < 4.78 is 5.09. The number of benzene rings is 2. The molecule has 28 heavy (non-hydrogen) atoms. The van der Waals surface area contributed by atoms with Crippen molar-refractivity contribution in [2.24, 2.45) is 0 Å². The second-order valence-corrected chi connectivity index (χ2v) is 6.45. The summed E-state index contributed by atoms with van der Waals surface area (Å²) in [5, 5.41) is 3.88. The van der Waals surface area contributed by atoms with Crippen molar-refractivity contribution in [3.8, 4) is 11.1 Å². The molecule has 5 nitrogen and oxygen atoms in total. The molecule has 0 fully saturated rings.